The van der Waals surface area contributed by atoms with Gasteiger partial charge in [-0.25, -0.2) is 0 Å². The van der Waals surface area contributed by atoms with Gasteiger partial charge in [-0.15, -0.1) is 0 Å². The number of ether oxygens (including phenoxy) is 1. The van der Waals surface area contributed by atoms with Crippen LogP contribution in [0.1, 0.15) is 27.7 Å². The van der Waals surface area contributed by atoms with Crippen LogP contribution in [0, 0.1) is 5.92 Å². The summed E-state index contributed by atoms with van der Waals surface area (Å²) in [7, 11) is 0. The largest absolute Gasteiger partial charge is 0.459 e. The highest BCUT2D eigenvalue weighted by Crippen LogP contribution is 2.21. The summed E-state index contributed by atoms with van der Waals surface area (Å²) >= 11 is 0. The number of hydrogen-bond acceptors (Lipinski definition) is 2. The fourth-order valence-electron chi connectivity index (χ4n) is 1.17. The molecule has 0 aliphatic carbocycles. The highest BCUT2D eigenvalue weighted by molar-refractivity contribution is 5.92. The minimum Gasteiger partial charge on any atom is -0.459 e. The molecule has 17 heavy (non-hydrogen) atoms. The number of anilines is 1. The van der Waals surface area contributed by atoms with Gasteiger partial charge in [0.05, 0.1) is 0 Å². The van der Waals surface area contributed by atoms with Crippen molar-refractivity contribution in [2.75, 3.05) is 5.32 Å². The van der Waals surface area contributed by atoms with E-state index in [2.05, 4.69) is 5.32 Å². The van der Waals surface area contributed by atoms with E-state index >= 15 is 0 Å². The second kappa shape index (κ2) is 5.17. The van der Waals surface area contributed by atoms with Crippen molar-refractivity contribution in [1.82, 2.24) is 0 Å². The van der Waals surface area contributed by atoms with Crippen molar-refractivity contribution < 1.29 is 13.9 Å². The fourth-order valence-corrected chi connectivity index (χ4v) is 1.17. The smallest absolute Gasteiger partial charge is 0.242 e. The average Bonchev–Trinajstić information content (AvgIpc) is 2.18. The zero-order chi connectivity index (χ0) is 13.1. The lowest BCUT2D eigenvalue weighted by atomic mass is 10.2. The van der Waals surface area contributed by atoms with Gasteiger partial charge in [-0.2, -0.15) is 4.39 Å². The molecular formula is C13H18FNO2. The third kappa shape index (κ3) is 4.85. The Hall–Kier alpha value is -1.58. The quantitative estimate of drug-likeness (QED) is 0.874. The predicted molar refractivity (Wildman–Crippen MR) is 65.7 cm³/mol. The Labute approximate surface area is 101 Å². The number of halogens is 1. The third-order valence-electron chi connectivity index (χ3n) is 2.01. The molecule has 0 bridgehead atoms. The predicted octanol–water partition coefficient (Wildman–Crippen LogP) is 3.37. The van der Waals surface area contributed by atoms with Crippen LogP contribution in [0.4, 0.5) is 10.1 Å². The normalized spacial score (nSPS) is 11.4. The number of alkyl halides is 1. The SMILES string of the molecule is CC(C)C(=O)Nc1ccc(OC(C)(C)F)cc1. The molecule has 1 amide bonds. The summed E-state index contributed by atoms with van der Waals surface area (Å²) in [5.74, 6) is -1.40. The Morgan fingerprint density at radius 2 is 1.82 bits per heavy atom. The summed E-state index contributed by atoms with van der Waals surface area (Å²) in [5.41, 5.74) is 0.674. The highest BCUT2D eigenvalue weighted by atomic mass is 19.2. The third-order valence-corrected chi connectivity index (χ3v) is 2.01. The summed E-state index contributed by atoms with van der Waals surface area (Å²) < 4.78 is 18.2. The van der Waals surface area contributed by atoms with Crippen molar-refractivity contribution in [3.8, 4) is 5.75 Å². The molecular weight excluding hydrogens is 221 g/mol. The second-order valence-corrected chi connectivity index (χ2v) is 4.63. The van der Waals surface area contributed by atoms with Crippen molar-refractivity contribution in [2.45, 2.75) is 33.5 Å². The molecule has 4 heteroatoms. The molecule has 1 aromatic rings. The van der Waals surface area contributed by atoms with E-state index in [0.717, 1.165) is 0 Å². The minimum absolute atomic E-state index is 0.0514. The maximum atomic E-state index is 13.2. The standard InChI is InChI=1S/C13H18FNO2/c1-9(2)12(16)15-10-5-7-11(8-6-10)17-13(3,4)14/h5-9H,1-4H3,(H,15,16). The summed E-state index contributed by atoms with van der Waals surface area (Å²) in [5, 5.41) is 2.74. The van der Waals surface area contributed by atoms with Crippen LogP contribution in [0.2, 0.25) is 0 Å². The molecule has 0 unspecified atom stereocenters. The van der Waals surface area contributed by atoms with Crippen LogP contribution in [0.15, 0.2) is 24.3 Å². The molecule has 0 radical (unpaired) electrons. The van der Waals surface area contributed by atoms with Crippen LogP contribution in [0.25, 0.3) is 0 Å². The van der Waals surface area contributed by atoms with Gasteiger partial charge in [-0.1, -0.05) is 13.8 Å². The van der Waals surface area contributed by atoms with E-state index in [0.29, 0.717) is 11.4 Å². The van der Waals surface area contributed by atoms with E-state index in [1.54, 1.807) is 24.3 Å². The minimum atomic E-state index is -1.71. The fraction of sp³-hybridized carbons (Fsp3) is 0.462. The van der Waals surface area contributed by atoms with Gasteiger partial charge in [0.25, 0.3) is 0 Å². The first-order valence-electron chi connectivity index (χ1n) is 5.57. The molecule has 3 nitrogen and oxygen atoms in total. The number of nitrogens with one attached hydrogen (secondary N) is 1. The highest BCUT2D eigenvalue weighted by Gasteiger charge is 2.16. The van der Waals surface area contributed by atoms with Crippen LogP contribution >= 0.6 is 0 Å². The maximum Gasteiger partial charge on any atom is 0.242 e. The van der Waals surface area contributed by atoms with E-state index < -0.39 is 5.85 Å². The Morgan fingerprint density at radius 1 is 1.29 bits per heavy atom. The number of carbonyl (C=O) groups excluding carboxylic acids is 1. The Bertz CT molecular complexity index is 379. The molecule has 1 N–H and O–H groups in total. The van der Waals surface area contributed by atoms with Gasteiger partial charge in [0, 0.05) is 25.5 Å². The van der Waals surface area contributed by atoms with Gasteiger partial charge in [0.1, 0.15) is 5.75 Å². The molecule has 0 atom stereocenters. The van der Waals surface area contributed by atoms with Gasteiger partial charge >= 0.3 is 0 Å². The summed E-state index contributed by atoms with van der Waals surface area (Å²) in [4.78, 5) is 11.4. The monoisotopic (exact) mass is 239 g/mol. The molecule has 94 valence electrons. The number of carbonyl (C=O) groups is 1. The van der Waals surface area contributed by atoms with E-state index in [-0.39, 0.29) is 11.8 Å². The van der Waals surface area contributed by atoms with Gasteiger partial charge < -0.3 is 10.1 Å². The lowest BCUT2D eigenvalue weighted by molar-refractivity contribution is -0.118. The van der Waals surface area contributed by atoms with Crippen molar-refractivity contribution in [2.24, 2.45) is 5.92 Å². The lowest BCUT2D eigenvalue weighted by Gasteiger charge is -2.17. The first-order valence-corrected chi connectivity index (χ1v) is 5.57. The van der Waals surface area contributed by atoms with Crippen LogP contribution in [0.3, 0.4) is 0 Å². The van der Waals surface area contributed by atoms with Crippen LogP contribution < -0.4 is 10.1 Å². The molecule has 0 fully saturated rings. The van der Waals surface area contributed by atoms with Crippen molar-refractivity contribution in [1.29, 1.82) is 0 Å². The van der Waals surface area contributed by atoms with Gasteiger partial charge in [0.15, 0.2) is 0 Å². The number of rotatable bonds is 4. The Kier molecular flexibility index (Phi) is 4.10. The lowest BCUT2D eigenvalue weighted by Crippen LogP contribution is -2.21. The second-order valence-electron chi connectivity index (χ2n) is 4.63. The summed E-state index contributed by atoms with van der Waals surface area (Å²) in [6.45, 7) is 6.31. The molecule has 0 spiro atoms. The zero-order valence-electron chi connectivity index (χ0n) is 10.6. The summed E-state index contributed by atoms with van der Waals surface area (Å²) in [6.07, 6.45) is 0. The van der Waals surface area contributed by atoms with E-state index in [1.807, 2.05) is 13.8 Å². The van der Waals surface area contributed by atoms with E-state index in [9.17, 15) is 9.18 Å². The number of benzene rings is 1. The Morgan fingerprint density at radius 3 is 2.24 bits per heavy atom. The number of amides is 1. The zero-order valence-corrected chi connectivity index (χ0v) is 10.6. The molecule has 0 aliphatic rings. The van der Waals surface area contributed by atoms with Crippen LogP contribution in [-0.2, 0) is 4.79 Å². The average molecular weight is 239 g/mol. The van der Waals surface area contributed by atoms with Gasteiger partial charge in [-0.3, -0.25) is 4.79 Å². The molecule has 0 aliphatic heterocycles. The number of hydrogen-bond donors (Lipinski definition) is 1. The van der Waals surface area contributed by atoms with Crippen molar-refractivity contribution >= 4 is 11.6 Å². The first kappa shape index (κ1) is 13.5. The molecule has 0 heterocycles. The molecule has 0 aromatic heterocycles. The van der Waals surface area contributed by atoms with Gasteiger partial charge in [-0.05, 0) is 24.3 Å². The molecule has 1 aromatic carbocycles. The van der Waals surface area contributed by atoms with Gasteiger partial charge in [0.2, 0.25) is 11.8 Å². The maximum absolute atomic E-state index is 13.2. The van der Waals surface area contributed by atoms with Crippen LogP contribution in [0.5, 0.6) is 5.75 Å². The van der Waals surface area contributed by atoms with Crippen molar-refractivity contribution in [3.63, 3.8) is 0 Å². The Balaban J connectivity index is 2.65. The molecule has 1 rings (SSSR count). The van der Waals surface area contributed by atoms with Crippen molar-refractivity contribution in [3.05, 3.63) is 24.3 Å². The molecule has 0 saturated carbocycles. The first-order chi connectivity index (χ1) is 7.78. The molecule has 0 saturated heterocycles. The van der Waals surface area contributed by atoms with E-state index in [4.69, 9.17) is 4.74 Å². The summed E-state index contributed by atoms with van der Waals surface area (Å²) in [6, 6.07) is 6.61. The van der Waals surface area contributed by atoms with E-state index in [1.165, 1.54) is 13.8 Å². The van der Waals surface area contributed by atoms with Crippen LogP contribution in [-0.4, -0.2) is 11.8 Å². The topological polar surface area (TPSA) is 38.3 Å².